The molecule has 0 bridgehead atoms. The smallest absolute Gasteiger partial charge is 0.107 e. The molecule has 0 fully saturated rings. The van der Waals surface area contributed by atoms with E-state index in [1.807, 2.05) is 0 Å². The Morgan fingerprint density at radius 1 is 0.875 bits per heavy atom. The van der Waals surface area contributed by atoms with Crippen molar-refractivity contribution in [3.05, 3.63) is 59.2 Å². The quantitative estimate of drug-likeness (QED) is 0.745. The van der Waals surface area contributed by atoms with Gasteiger partial charge in [0.15, 0.2) is 0 Å². The zero-order chi connectivity index (χ0) is 17.7. The van der Waals surface area contributed by atoms with Gasteiger partial charge in [0, 0.05) is 46.7 Å². The molecule has 24 heavy (non-hydrogen) atoms. The predicted molar refractivity (Wildman–Crippen MR) is 104 cm³/mol. The van der Waals surface area contributed by atoms with Gasteiger partial charge >= 0.3 is 0 Å². The molecule has 2 aromatic carbocycles. The molecule has 0 amide bonds. The number of anilines is 2. The fourth-order valence-corrected chi connectivity index (χ4v) is 3.00. The standard InChI is InChI=1S/C21H30N2O/c1-7-8-17-15-19(23(4)5)13-14-20(17)21(24-6)16-9-11-18(12-10-16)22(2)3/h9-15,21H,7-8H2,1-6H3. The molecule has 0 radical (unpaired) electrons. The Morgan fingerprint density at radius 2 is 1.46 bits per heavy atom. The highest BCUT2D eigenvalue weighted by Crippen LogP contribution is 2.32. The molecule has 0 saturated heterocycles. The molecule has 0 aliphatic rings. The first kappa shape index (κ1) is 18.3. The van der Waals surface area contributed by atoms with Crippen LogP contribution in [0.2, 0.25) is 0 Å². The Labute approximate surface area is 146 Å². The van der Waals surface area contributed by atoms with Crippen LogP contribution in [0.3, 0.4) is 0 Å². The maximum Gasteiger partial charge on any atom is 0.107 e. The number of nitrogens with zero attached hydrogens (tertiary/aromatic N) is 2. The lowest BCUT2D eigenvalue weighted by Crippen LogP contribution is -2.12. The van der Waals surface area contributed by atoms with E-state index in [2.05, 4.69) is 87.4 Å². The van der Waals surface area contributed by atoms with E-state index in [9.17, 15) is 0 Å². The third kappa shape index (κ3) is 4.09. The summed E-state index contributed by atoms with van der Waals surface area (Å²) in [5, 5.41) is 0. The fraction of sp³-hybridized carbons (Fsp3) is 0.429. The molecule has 1 atom stereocenters. The fourth-order valence-electron chi connectivity index (χ4n) is 3.00. The molecule has 0 aromatic heterocycles. The summed E-state index contributed by atoms with van der Waals surface area (Å²) in [6, 6.07) is 15.3. The van der Waals surface area contributed by atoms with E-state index < -0.39 is 0 Å². The minimum Gasteiger partial charge on any atom is -0.378 e. The summed E-state index contributed by atoms with van der Waals surface area (Å²) >= 11 is 0. The first-order valence-corrected chi connectivity index (χ1v) is 8.58. The lowest BCUT2D eigenvalue weighted by molar-refractivity contribution is 0.135. The van der Waals surface area contributed by atoms with E-state index in [0.717, 1.165) is 12.8 Å². The van der Waals surface area contributed by atoms with Crippen molar-refractivity contribution in [2.75, 3.05) is 45.1 Å². The van der Waals surface area contributed by atoms with Crippen molar-refractivity contribution in [1.82, 2.24) is 0 Å². The van der Waals surface area contributed by atoms with E-state index in [-0.39, 0.29) is 6.10 Å². The Kier molecular flexibility index (Phi) is 6.27. The van der Waals surface area contributed by atoms with E-state index in [0.29, 0.717) is 0 Å². The number of rotatable bonds is 7. The second kappa shape index (κ2) is 8.20. The van der Waals surface area contributed by atoms with E-state index in [1.165, 1.54) is 28.1 Å². The zero-order valence-electron chi connectivity index (χ0n) is 15.8. The van der Waals surface area contributed by atoms with Crippen LogP contribution in [0.4, 0.5) is 11.4 Å². The van der Waals surface area contributed by atoms with Crippen LogP contribution in [-0.4, -0.2) is 35.3 Å². The van der Waals surface area contributed by atoms with Crippen LogP contribution in [0.1, 0.15) is 36.1 Å². The average molecular weight is 326 g/mol. The van der Waals surface area contributed by atoms with Crippen molar-refractivity contribution in [3.63, 3.8) is 0 Å². The highest BCUT2D eigenvalue weighted by Gasteiger charge is 2.17. The second-order valence-corrected chi connectivity index (χ2v) is 6.63. The monoisotopic (exact) mass is 326 g/mol. The summed E-state index contributed by atoms with van der Waals surface area (Å²) in [7, 11) is 10.1. The van der Waals surface area contributed by atoms with Gasteiger partial charge in [-0.3, -0.25) is 0 Å². The first-order chi connectivity index (χ1) is 11.5. The van der Waals surface area contributed by atoms with E-state index >= 15 is 0 Å². The van der Waals surface area contributed by atoms with Gasteiger partial charge in [0.05, 0.1) is 0 Å². The minimum absolute atomic E-state index is 0.0287. The minimum atomic E-state index is -0.0287. The first-order valence-electron chi connectivity index (χ1n) is 8.58. The van der Waals surface area contributed by atoms with E-state index in [4.69, 9.17) is 4.74 Å². The Hall–Kier alpha value is -2.00. The van der Waals surface area contributed by atoms with Crippen LogP contribution < -0.4 is 9.80 Å². The number of methoxy groups -OCH3 is 1. The molecule has 3 heteroatoms. The molecule has 0 heterocycles. The molecule has 2 aromatic rings. The number of aryl methyl sites for hydroxylation is 1. The van der Waals surface area contributed by atoms with Gasteiger partial charge in [0.1, 0.15) is 6.10 Å². The molecule has 0 spiro atoms. The van der Waals surface area contributed by atoms with Gasteiger partial charge in [-0.25, -0.2) is 0 Å². The van der Waals surface area contributed by atoms with Crippen molar-refractivity contribution in [2.24, 2.45) is 0 Å². The maximum atomic E-state index is 5.88. The molecular formula is C21H30N2O. The molecule has 1 unspecified atom stereocenters. The van der Waals surface area contributed by atoms with Gasteiger partial charge in [0.25, 0.3) is 0 Å². The summed E-state index contributed by atoms with van der Waals surface area (Å²) in [6.07, 6.45) is 2.16. The number of hydrogen-bond donors (Lipinski definition) is 0. The summed E-state index contributed by atoms with van der Waals surface area (Å²) in [5.74, 6) is 0. The van der Waals surface area contributed by atoms with Crippen molar-refractivity contribution in [3.8, 4) is 0 Å². The van der Waals surface area contributed by atoms with Gasteiger partial charge < -0.3 is 14.5 Å². The summed E-state index contributed by atoms with van der Waals surface area (Å²) in [6.45, 7) is 2.22. The molecule has 0 N–H and O–H groups in total. The third-order valence-corrected chi connectivity index (χ3v) is 4.39. The van der Waals surface area contributed by atoms with Crippen LogP contribution in [0.5, 0.6) is 0 Å². The van der Waals surface area contributed by atoms with Crippen molar-refractivity contribution in [1.29, 1.82) is 0 Å². The average Bonchev–Trinajstić information content (AvgIpc) is 2.57. The lowest BCUT2D eigenvalue weighted by atomic mass is 9.93. The molecule has 0 aliphatic carbocycles. The van der Waals surface area contributed by atoms with Gasteiger partial charge in [-0.1, -0.05) is 31.5 Å². The molecule has 3 nitrogen and oxygen atoms in total. The molecule has 2 rings (SSSR count). The van der Waals surface area contributed by atoms with Crippen LogP contribution in [-0.2, 0) is 11.2 Å². The highest BCUT2D eigenvalue weighted by molar-refractivity contribution is 5.53. The van der Waals surface area contributed by atoms with Crippen LogP contribution >= 0.6 is 0 Å². The van der Waals surface area contributed by atoms with Crippen molar-refractivity contribution in [2.45, 2.75) is 25.9 Å². The van der Waals surface area contributed by atoms with Gasteiger partial charge in [-0.15, -0.1) is 0 Å². The predicted octanol–water partition coefficient (Wildman–Crippen LogP) is 4.51. The number of ether oxygens (including phenoxy) is 1. The van der Waals surface area contributed by atoms with Crippen LogP contribution in [0.25, 0.3) is 0 Å². The molecule has 130 valence electrons. The Balaban J connectivity index is 2.42. The van der Waals surface area contributed by atoms with Gasteiger partial charge in [0.2, 0.25) is 0 Å². The normalized spacial score (nSPS) is 12.1. The van der Waals surface area contributed by atoms with Crippen LogP contribution in [0.15, 0.2) is 42.5 Å². The Bertz CT molecular complexity index is 647. The van der Waals surface area contributed by atoms with Crippen molar-refractivity contribution < 1.29 is 4.74 Å². The topological polar surface area (TPSA) is 15.7 Å². The summed E-state index contributed by atoms with van der Waals surface area (Å²) in [5.41, 5.74) is 6.26. The summed E-state index contributed by atoms with van der Waals surface area (Å²) in [4.78, 5) is 4.26. The third-order valence-electron chi connectivity index (χ3n) is 4.39. The number of hydrogen-bond acceptors (Lipinski definition) is 3. The maximum absolute atomic E-state index is 5.88. The van der Waals surface area contributed by atoms with E-state index in [1.54, 1.807) is 7.11 Å². The van der Waals surface area contributed by atoms with Gasteiger partial charge in [-0.05, 0) is 47.4 Å². The van der Waals surface area contributed by atoms with Crippen LogP contribution in [0, 0.1) is 0 Å². The largest absolute Gasteiger partial charge is 0.378 e. The zero-order valence-corrected chi connectivity index (χ0v) is 15.8. The lowest BCUT2D eigenvalue weighted by Gasteiger charge is -2.23. The molecular weight excluding hydrogens is 296 g/mol. The SMILES string of the molecule is CCCc1cc(N(C)C)ccc1C(OC)c1ccc(N(C)C)cc1. The Morgan fingerprint density at radius 3 is 1.96 bits per heavy atom. The van der Waals surface area contributed by atoms with Crippen molar-refractivity contribution >= 4 is 11.4 Å². The molecule has 0 aliphatic heterocycles. The van der Waals surface area contributed by atoms with Gasteiger partial charge in [-0.2, -0.15) is 0 Å². The second-order valence-electron chi connectivity index (χ2n) is 6.63. The molecule has 0 saturated carbocycles. The summed E-state index contributed by atoms with van der Waals surface area (Å²) < 4.78 is 5.88. The highest BCUT2D eigenvalue weighted by atomic mass is 16.5. The number of benzene rings is 2.